The minimum absolute atomic E-state index is 0.0422. The van der Waals surface area contributed by atoms with Gasteiger partial charge >= 0.3 is 0 Å². The largest absolute Gasteiger partial charge is 0.508 e. The fourth-order valence-electron chi connectivity index (χ4n) is 3.73. The van der Waals surface area contributed by atoms with Crippen molar-refractivity contribution in [3.8, 4) is 5.75 Å². The van der Waals surface area contributed by atoms with Crippen LogP contribution < -0.4 is 0 Å². The van der Waals surface area contributed by atoms with Crippen molar-refractivity contribution in [3.05, 3.63) is 29.3 Å². The van der Waals surface area contributed by atoms with Gasteiger partial charge in [0.25, 0.3) is 5.91 Å². The summed E-state index contributed by atoms with van der Waals surface area (Å²) in [6.07, 6.45) is 1.53. The summed E-state index contributed by atoms with van der Waals surface area (Å²) < 4.78 is 0. The van der Waals surface area contributed by atoms with E-state index in [9.17, 15) is 19.5 Å². The summed E-state index contributed by atoms with van der Waals surface area (Å²) in [5, 5.41) is 9.88. The van der Waals surface area contributed by atoms with Crippen molar-refractivity contribution in [2.24, 2.45) is 5.92 Å². The summed E-state index contributed by atoms with van der Waals surface area (Å²) in [5.41, 5.74) is 0.995. The summed E-state index contributed by atoms with van der Waals surface area (Å²) in [6.45, 7) is 2.54. The lowest BCUT2D eigenvalue weighted by Gasteiger charge is -2.35. The molecule has 7 nitrogen and oxygen atoms in total. The second kappa shape index (κ2) is 6.97. The molecule has 3 aliphatic heterocycles. The molecule has 1 N–H and O–H groups in total. The number of carbonyl (C=O) groups excluding carboxylic acids is 3. The monoisotopic (exact) mass is 359 g/mol. The van der Waals surface area contributed by atoms with Gasteiger partial charge in [-0.1, -0.05) is 6.07 Å². The van der Waals surface area contributed by atoms with E-state index in [1.807, 2.05) is 0 Å². The third-order valence-corrected chi connectivity index (χ3v) is 5.42. The highest BCUT2D eigenvalue weighted by Crippen LogP contribution is 2.31. The number of aromatic hydroxyl groups is 1. The van der Waals surface area contributed by atoms with Crippen molar-refractivity contribution in [3.63, 3.8) is 0 Å². The number of amides is 3. The molecule has 3 aliphatic rings. The van der Waals surface area contributed by atoms with Crippen LogP contribution in [-0.4, -0.2) is 77.3 Å². The van der Waals surface area contributed by atoms with E-state index in [0.717, 1.165) is 12.8 Å². The summed E-state index contributed by atoms with van der Waals surface area (Å²) in [5.74, 6) is -0.524. The van der Waals surface area contributed by atoms with Crippen LogP contribution in [-0.2, 0) is 9.59 Å². The minimum atomic E-state index is -0.273. The highest BCUT2D eigenvalue weighted by atomic mass is 16.3. The van der Waals surface area contributed by atoms with E-state index < -0.39 is 0 Å². The van der Waals surface area contributed by atoms with Crippen molar-refractivity contribution >= 4 is 17.7 Å². The maximum Gasteiger partial charge on any atom is 0.254 e. The molecule has 7 heteroatoms. The van der Waals surface area contributed by atoms with E-state index >= 15 is 0 Å². The van der Waals surface area contributed by atoms with E-state index in [1.54, 1.807) is 49.0 Å². The third kappa shape index (κ3) is 3.25. The summed E-state index contributed by atoms with van der Waals surface area (Å²) >= 11 is 0. The van der Waals surface area contributed by atoms with Crippen molar-refractivity contribution in [1.82, 2.24) is 14.7 Å². The number of phenols is 1. The molecule has 0 unspecified atom stereocenters. The minimum Gasteiger partial charge on any atom is -0.508 e. The van der Waals surface area contributed by atoms with Crippen molar-refractivity contribution in [1.29, 1.82) is 0 Å². The van der Waals surface area contributed by atoms with Gasteiger partial charge in [0.1, 0.15) is 12.3 Å². The second-order valence-corrected chi connectivity index (χ2v) is 7.34. The zero-order chi connectivity index (χ0) is 19.0. The predicted molar refractivity (Wildman–Crippen MR) is 95.7 cm³/mol. The van der Waals surface area contributed by atoms with Crippen LogP contribution >= 0.6 is 0 Å². The standard InChI is InChI=1S/C19H25N3O4/c1-12-15(5-4-6-16(12)23)19(26)21-9-13-7-8-14(10-21)22(18(13)25)11-17(24)20(2)3/h4-6,13-14,23H,7-11H2,1-3H3/t13-,14+/m0/s1. The maximum atomic E-state index is 13.0. The Kier molecular flexibility index (Phi) is 4.89. The molecule has 1 aromatic carbocycles. The van der Waals surface area contributed by atoms with Gasteiger partial charge in [0.15, 0.2) is 0 Å². The topological polar surface area (TPSA) is 81.2 Å². The molecule has 4 rings (SSSR count). The van der Waals surface area contributed by atoms with Crippen LogP contribution in [0, 0.1) is 12.8 Å². The lowest BCUT2D eigenvalue weighted by Crippen LogP contribution is -2.51. The zero-order valence-electron chi connectivity index (χ0n) is 15.4. The lowest BCUT2D eigenvalue weighted by molar-refractivity contribution is -0.145. The molecule has 0 saturated carbocycles. The van der Waals surface area contributed by atoms with Gasteiger partial charge in [-0.25, -0.2) is 0 Å². The highest BCUT2D eigenvalue weighted by Gasteiger charge is 2.42. The average Bonchev–Trinajstić information content (AvgIpc) is 2.89. The Hall–Kier alpha value is -2.57. The average molecular weight is 359 g/mol. The van der Waals surface area contributed by atoms with Gasteiger partial charge in [0.05, 0.1) is 5.92 Å². The molecule has 3 heterocycles. The fourth-order valence-corrected chi connectivity index (χ4v) is 3.73. The van der Waals surface area contributed by atoms with Crippen LogP contribution in [0.4, 0.5) is 0 Å². The van der Waals surface area contributed by atoms with Crippen LogP contribution in [0.2, 0.25) is 0 Å². The molecular weight excluding hydrogens is 334 g/mol. The lowest BCUT2D eigenvalue weighted by atomic mass is 9.94. The molecule has 3 saturated heterocycles. The predicted octanol–water partition coefficient (Wildman–Crippen LogP) is 0.852. The van der Waals surface area contributed by atoms with Gasteiger partial charge in [-0.15, -0.1) is 0 Å². The van der Waals surface area contributed by atoms with Crippen LogP contribution in [0.3, 0.4) is 0 Å². The molecule has 2 bridgehead atoms. The van der Waals surface area contributed by atoms with E-state index in [0.29, 0.717) is 24.2 Å². The highest BCUT2D eigenvalue weighted by molar-refractivity contribution is 5.97. The molecule has 0 aromatic heterocycles. The molecular formula is C19H25N3O4. The number of nitrogens with zero attached hydrogens (tertiary/aromatic N) is 3. The molecule has 26 heavy (non-hydrogen) atoms. The quantitative estimate of drug-likeness (QED) is 0.868. The van der Waals surface area contributed by atoms with Crippen molar-refractivity contribution < 1.29 is 19.5 Å². The summed E-state index contributed by atoms with van der Waals surface area (Å²) in [7, 11) is 3.34. The SMILES string of the molecule is Cc1c(O)cccc1C(=O)N1C[C@@H]2CC[C@H](C1)N(CC(=O)N(C)C)C2=O. The van der Waals surface area contributed by atoms with E-state index in [4.69, 9.17) is 0 Å². The molecule has 0 spiro atoms. The Balaban J connectivity index is 1.83. The Morgan fingerprint density at radius 3 is 2.65 bits per heavy atom. The van der Waals surface area contributed by atoms with Crippen molar-refractivity contribution in [2.45, 2.75) is 25.8 Å². The molecule has 3 amide bonds. The van der Waals surface area contributed by atoms with Gasteiger partial charge < -0.3 is 19.8 Å². The number of carbonyl (C=O) groups is 3. The Labute approximate surface area is 153 Å². The number of piperidine rings is 1. The Morgan fingerprint density at radius 1 is 1.23 bits per heavy atom. The number of likely N-dealkylation sites (N-methyl/N-ethyl adjacent to an activating group) is 1. The van der Waals surface area contributed by atoms with Gasteiger partial charge in [0.2, 0.25) is 11.8 Å². The Bertz CT molecular complexity index is 746. The maximum absolute atomic E-state index is 13.0. The number of rotatable bonds is 3. The first-order valence-corrected chi connectivity index (χ1v) is 8.88. The fraction of sp³-hybridized carbons (Fsp3) is 0.526. The van der Waals surface area contributed by atoms with E-state index in [1.165, 1.54) is 4.90 Å². The summed E-state index contributed by atoms with van der Waals surface area (Å²) in [4.78, 5) is 42.7. The molecule has 2 atom stereocenters. The van der Waals surface area contributed by atoms with E-state index in [2.05, 4.69) is 0 Å². The zero-order valence-corrected chi connectivity index (χ0v) is 15.4. The molecule has 0 radical (unpaired) electrons. The molecule has 3 fully saturated rings. The molecule has 1 aromatic rings. The third-order valence-electron chi connectivity index (χ3n) is 5.42. The second-order valence-electron chi connectivity index (χ2n) is 7.34. The number of fused-ring (bicyclic) bond motifs is 4. The number of hydrogen-bond donors (Lipinski definition) is 1. The summed E-state index contributed by atoms with van der Waals surface area (Å²) in [6, 6.07) is 4.75. The first kappa shape index (κ1) is 18.2. The van der Waals surface area contributed by atoms with Crippen LogP contribution in [0.1, 0.15) is 28.8 Å². The number of phenolic OH excluding ortho intramolecular Hbond substituents is 1. The smallest absolute Gasteiger partial charge is 0.254 e. The number of hydrogen-bond acceptors (Lipinski definition) is 4. The van der Waals surface area contributed by atoms with Crippen LogP contribution in [0.25, 0.3) is 0 Å². The van der Waals surface area contributed by atoms with Crippen molar-refractivity contribution in [2.75, 3.05) is 33.7 Å². The van der Waals surface area contributed by atoms with Gasteiger partial charge in [-0.05, 0) is 31.9 Å². The molecule has 140 valence electrons. The molecule has 0 aliphatic carbocycles. The van der Waals surface area contributed by atoms with E-state index in [-0.39, 0.29) is 42.0 Å². The van der Waals surface area contributed by atoms with Crippen LogP contribution in [0.5, 0.6) is 5.75 Å². The van der Waals surface area contributed by atoms with Crippen LogP contribution in [0.15, 0.2) is 18.2 Å². The van der Waals surface area contributed by atoms with Gasteiger partial charge in [-0.2, -0.15) is 0 Å². The first-order valence-electron chi connectivity index (χ1n) is 8.88. The number of benzene rings is 1. The van der Waals surface area contributed by atoms with Gasteiger partial charge in [0, 0.05) is 44.4 Å². The van der Waals surface area contributed by atoms with Gasteiger partial charge in [-0.3, -0.25) is 14.4 Å². The Morgan fingerprint density at radius 2 is 1.96 bits per heavy atom. The first-order chi connectivity index (χ1) is 12.3. The normalized spacial score (nSPS) is 22.3.